The average molecular weight is 1070 g/mol. The summed E-state index contributed by atoms with van der Waals surface area (Å²) in [5, 5.41) is 0. The molecule has 0 aromatic rings. The van der Waals surface area contributed by atoms with Crippen molar-refractivity contribution in [1.29, 1.82) is 0 Å². The molecule has 0 fully saturated rings. The molecule has 0 N–H and O–H groups in total. The van der Waals surface area contributed by atoms with Gasteiger partial charge in [-0.05, 0) is 0 Å². The zero-order valence-corrected chi connectivity index (χ0v) is 44.2. The molecule has 0 aliphatic carbocycles. The Kier molecular flexibility index (Phi) is 62.9. The number of phosphoric acid groups is 1. The van der Waals surface area contributed by atoms with E-state index in [9.17, 15) is 4.57 Å². The third-order valence-electron chi connectivity index (χ3n) is 8.31. The summed E-state index contributed by atoms with van der Waals surface area (Å²) in [4.78, 5) is 0. The lowest BCUT2D eigenvalue weighted by atomic mass is 10.6. The Morgan fingerprint density at radius 3 is 0.380 bits per heavy atom. The second-order valence-electron chi connectivity index (χ2n) is 13.9. The van der Waals surface area contributed by atoms with Gasteiger partial charge in [0.25, 0.3) is 0 Å². The van der Waals surface area contributed by atoms with E-state index in [-0.39, 0.29) is 39.6 Å². The van der Waals surface area contributed by atoms with Crippen LogP contribution in [0.15, 0.2) is 0 Å². The van der Waals surface area contributed by atoms with Gasteiger partial charge in [0.2, 0.25) is 0 Å². The van der Waals surface area contributed by atoms with Crippen molar-refractivity contribution in [3.63, 3.8) is 0 Å². The summed E-state index contributed by atoms with van der Waals surface area (Å²) in [5.74, 6) is 0. The van der Waals surface area contributed by atoms with Gasteiger partial charge in [-0.3, -0.25) is 13.6 Å². The van der Waals surface area contributed by atoms with Crippen molar-refractivity contribution >= 4 is 7.82 Å². The summed E-state index contributed by atoms with van der Waals surface area (Å²) in [6.07, 6.45) is 0. The molecule has 26 heteroatoms. The molecule has 0 aromatic carbocycles. The topological polar surface area (TPSA) is 239 Å². The molecule has 0 atom stereocenters. The first-order valence-corrected chi connectivity index (χ1v) is 26.0. The van der Waals surface area contributed by atoms with Crippen molar-refractivity contribution in [3.05, 3.63) is 0 Å². The van der Waals surface area contributed by atoms with E-state index >= 15 is 0 Å². The molecule has 0 aromatic heterocycles. The van der Waals surface area contributed by atoms with E-state index in [2.05, 4.69) is 0 Å². The van der Waals surface area contributed by atoms with Crippen LogP contribution in [-0.4, -0.2) is 299 Å². The molecule has 0 rings (SSSR count). The van der Waals surface area contributed by atoms with E-state index in [4.69, 9.17) is 113 Å². The number of phosphoric ester groups is 1. The summed E-state index contributed by atoms with van der Waals surface area (Å²) < 4.78 is 143. The Morgan fingerprint density at radius 1 is 0.169 bits per heavy atom. The van der Waals surface area contributed by atoms with Gasteiger partial charge in [-0.25, -0.2) is 4.57 Å². The van der Waals surface area contributed by atoms with Gasteiger partial charge in [-0.1, -0.05) is 0 Å². The van der Waals surface area contributed by atoms with Crippen LogP contribution in [0.5, 0.6) is 0 Å². The molecular weight excluding hydrogens is 971 g/mol. The fourth-order valence-corrected chi connectivity index (χ4v) is 5.89. The second-order valence-corrected chi connectivity index (χ2v) is 15.6. The third-order valence-corrected chi connectivity index (χ3v) is 9.80. The van der Waals surface area contributed by atoms with E-state index in [1.165, 1.54) is 0 Å². The van der Waals surface area contributed by atoms with Crippen LogP contribution in [0.3, 0.4) is 0 Å². The van der Waals surface area contributed by atoms with Crippen molar-refractivity contribution in [2.75, 3.05) is 299 Å². The molecule has 0 unspecified atom stereocenters. The highest BCUT2D eigenvalue weighted by atomic mass is 31.2. The molecule has 0 bridgehead atoms. The van der Waals surface area contributed by atoms with Crippen molar-refractivity contribution in [3.8, 4) is 0 Å². The van der Waals surface area contributed by atoms with Crippen molar-refractivity contribution in [2.24, 2.45) is 0 Å². The van der Waals surface area contributed by atoms with E-state index < -0.39 is 7.82 Å². The van der Waals surface area contributed by atoms with Gasteiger partial charge in [0, 0.05) is 21.3 Å². The SMILES string of the molecule is COCCOCCOCCOCCOCCOCCOCCOP(=O)(OCCOCCOCCOCCOCCOCCOCCOC)OCCOCCOCCOCCOCCOCCOCCOC. The van der Waals surface area contributed by atoms with E-state index in [0.717, 1.165) is 0 Å². The Hall–Kier alpha value is -0.730. The lowest BCUT2D eigenvalue weighted by Gasteiger charge is -2.18. The molecule has 0 aliphatic rings. The van der Waals surface area contributed by atoms with Crippen LogP contribution in [0.4, 0.5) is 0 Å². The summed E-state index contributed by atoms with van der Waals surface area (Å²) in [5.41, 5.74) is 0. The number of hydrogen-bond donors (Lipinski definition) is 0. The highest BCUT2D eigenvalue weighted by molar-refractivity contribution is 7.48. The number of ether oxygens (including phenoxy) is 21. The maximum absolute atomic E-state index is 13.4. The van der Waals surface area contributed by atoms with Crippen LogP contribution in [-0.2, 0) is 118 Å². The molecule has 0 radical (unpaired) electrons. The minimum atomic E-state index is -3.97. The number of rotatable bonds is 66. The first-order valence-electron chi connectivity index (χ1n) is 24.6. The Morgan fingerprint density at radius 2 is 0.268 bits per heavy atom. The average Bonchev–Trinajstić information content (AvgIpc) is 3.37. The lowest BCUT2D eigenvalue weighted by molar-refractivity contribution is -0.0234. The summed E-state index contributed by atoms with van der Waals surface area (Å²) in [6, 6.07) is 0. The highest BCUT2D eigenvalue weighted by Gasteiger charge is 2.26. The summed E-state index contributed by atoms with van der Waals surface area (Å²) in [6.45, 7) is 16.7. The number of hydrogen-bond acceptors (Lipinski definition) is 25. The quantitative estimate of drug-likeness (QED) is 0.0618. The zero-order chi connectivity index (χ0) is 51.2. The van der Waals surface area contributed by atoms with E-state index in [1.54, 1.807) is 21.3 Å². The normalized spacial score (nSPS) is 12.0. The van der Waals surface area contributed by atoms with E-state index in [1.807, 2.05) is 0 Å². The summed E-state index contributed by atoms with van der Waals surface area (Å²) in [7, 11) is 0.932. The van der Waals surface area contributed by atoms with Gasteiger partial charge in [0.05, 0.1) is 277 Å². The van der Waals surface area contributed by atoms with Gasteiger partial charge in [-0.2, -0.15) is 0 Å². The highest BCUT2D eigenvalue weighted by Crippen LogP contribution is 2.49. The van der Waals surface area contributed by atoms with Crippen LogP contribution >= 0.6 is 7.82 Å². The molecular formula is C45H93O25P. The first-order chi connectivity index (χ1) is 35.2. The fourth-order valence-electron chi connectivity index (χ4n) is 4.77. The Bertz CT molecular complexity index is 898. The van der Waals surface area contributed by atoms with Crippen molar-refractivity contribution in [1.82, 2.24) is 0 Å². The minimum Gasteiger partial charge on any atom is -0.382 e. The lowest BCUT2D eigenvalue weighted by Crippen LogP contribution is -2.16. The van der Waals surface area contributed by atoms with Crippen molar-refractivity contribution in [2.45, 2.75) is 0 Å². The zero-order valence-electron chi connectivity index (χ0n) is 43.4. The Balaban J connectivity index is 4.09. The van der Waals surface area contributed by atoms with Gasteiger partial charge < -0.3 is 99.5 Å². The van der Waals surface area contributed by atoms with Crippen LogP contribution in [0.25, 0.3) is 0 Å². The predicted molar refractivity (Wildman–Crippen MR) is 256 cm³/mol. The monoisotopic (exact) mass is 1060 g/mol. The second kappa shape index (κ2) is 63.6. The maximum atomic E-state index is 13.4. The van der Waals surface area contributed by atoms with E-state index in [0.29, 0.717) is 238 Å². The predicted octanol–water partition coefficient (Wildman–Crippen LogP) is 1.38. The largest absolute Gasteiger partial charge is 0.475 e. The molecule has 71 heavy (non-hydrogen) atoms. The molecule has 0 saturated heterocycles. The van der Waals surface area contributed by atoms with Gasteiger partial charge in [-0.15, -0.1) is 0 Å². The minimum absolute atomic E-state index is 0.0417. The van der Waals surface area contributed by atoms with Gasteiger partial charge >= 0.3 is 7.82 Å². The van der Waals surface area contributed by atoms with Crippen molar-refractivity contribution < 1.29 is 118 Å². The third kappa shape index (κ3) is 61.7. The molecule has 0 saturated carbocycles. The molecule has 0 spiro atoms. The van der Waals surface area contributed by atoms with Gasteiger partial charge in [0.15, 0.2) is 0 Å². The van der Waals surface area contributed by atoms with Crippen LogP contribution in [0.2, 0.25) is 0 Å². The first kappa shape index (κ1) is 70.3. The molecule has 428 valence electrons. The molecule has 0 aliphatic heterocycles. The van der Waals surface area contributed by atoms with Crippen LogP contribution < -0.4 is 0 Å². The number of methoxy groups -OCH3 is 3. The van der Waals surface area contributed by atoms with Crippen LogP contribution in [0, 0.1) is 0 Å². The van der Waals surface area contributed by atoms with Crippen LogP contribution in [0.1, 0.15) is 0 Å². The molecule has 25 nitrogen and oxygen atoms in total. The molecule has 0 amide bonds. The summed E-state index contributed by atoms with van der Waals surface area (Å²) >= 11 is 0. The van der Waals surface area contributed by atoms with Gasteiger partial charge in [0.1, 0.15) is 0 Å². The maximum Gasteiger partial charge on any atom is 0.475 e. The smallest absolute Gasteiger partial charge is 0.382 e. The molecule has 0 heterocycles. The fraction of sp³-hybridized carbons (Fsp3) is 1.00. The Labute approximate surface area is 423 Å². The standard InChI is InChI=1S/C45H93O25P/c1-47-4-7-50-10-13-53-16-19-56-22-25-59-28-31-62-34-37-65-40-43-68-71(46,69-44-41-66-38-35-63-32-29-60-26-23-57-20-17-54-14-11-51-8-5-48-2)70-45-42-67-39-36-64-33-30-61-27-24-58-21-18-55-15-12-52-9-6-49-3/h4-45H2,1-3H3.